The average Bonchev–Trinajstić information content (AvgIpc) is 3.84. The Morgan fingerprint density at radius 2 is 1.90 bits per heavy atom. The number of nitrogens with one attached hydrogen (secondary N) is 1. The number of benzene rings is 3. The molecule has 1 fully saturated rings. The van der Waals surface area contributed by atoms with Crippen molar-refractivity contribution in [3.8, 4) is 11.4 Å². The molecule has 0 bridgehead atoms. The number of aryl methyl sites for hydroxylation is 1. The van der Waals surface area contributed by atoms with E-state index in [0.29, 0.717) is 37.0 Å². The van der Waals surface area contributed by atoms with Gasteiger partial charge in [-0.15, -0.1) is 11.7 Å². The van der Waals surface area contributed by atoms with E-state index >= 15 is 0 Å². The molecule has 1 saturated heterocycles. The van der Waals surface area contributed by atoms with Crippen molar-refractivity contribution in [1.82, 2.24) is 24.8 Å². The van der Waals surface area contributed by atoms with Gasteiger partial charge in [-0.2, -0.15) is 0 Å². The predicted molar refractivity (Wildman–Crippen MR) is 191 cm³/mol. The molecule has 1 spiro atoms. The predicted octanol–water partition coefficient (Wildman–Crippen LogP) is 4.29. The van der Waals surface area contributed by atoms with Crippen molar-refractivity contribution in [1.29, 1.82) is 0 Å². The first kappa shape index (κ1) is 32.7. The van der Waals surface area contributed by atoms with Gasteiger partial charge in [0.05, 0.1) is 49.3 Å². The number of nitrogens with zero attached hydrogens (tertiary/aromatic N) is 5. The van der Waals surface area contributed by atoms with Crippen molar-refractivity contribution in [3.05, 3.63) is 107 Å². The Labute approximate surface area is 285 Å². The summed E-state index contributed by atoms with van der Waals surface area (Å²) < 4.78 is 16.0. The van der Waals surface area contributed by atoms with Gasteiger partial charge in [0.25, 0.3) is 11.5 Å². The van der Waals surface area contributed by atoms with Crippen LogP contribution in [0.3, 0.4) is 0 Å². The van der Waals surface area contributed by atoms with Crippen molar-refractivity contribution in [3.63, 3.8) is 0 Å². The number of aliphatic hydroxyl groups excluding tert-OH is 1. The van der Waals surface area contributed by atoms with Crippen molar-refractivity contribution in [2.75, 3.05) is 25.2 Å². The van der Waals surface area contributed by atoms with Gasteiger partial charge in [-0.1, -0.05) is 60.8 Å². The molecule has 1 amide bonds. The van der Waals surface area contributed by atoms with Crippen LogP contribution >= 0.6 is 0 Å². The lowest BCUT2D eigenvalue weighted by molar-refractivity contribution is -0.145. The zero-order chi connectivity index (χ0) is 34.5. The largest absolute Gasteiger partial charge is 0.497 e. The summed E-state index contributed by atoms with van der Waals surface area (Å²) in [6, 6.07) is 21.5. The van der Waals surface area contributed by atoms with E-state index in [0.717, 1.165) is 28.2 Å². The van der Waals surface area contributed by atoms with Crippen LogP contribution in [0, 0.1) is 5.92 Å². The maximum Gasteiger partial charge on any atom is 0.279 e. The van der Waals surface area contributed by atoms with Gasteiger partial charge in [0.2, 0.25) is 0 Å². The Balaban J connectivity index is 1.35. The fourth-order valence-corrected chi connectivity index (χ4v) is 12.3. The average molecular weight is 679 g/mol. The number of hydrogen-bond donors (Lipinski definition) is 2. The van der Waals surface area contributed by atoms with Crippen molar-refractivity contribution in [2.45, 2.75) is 56.7 Å². The second-order valence-corrected chi connectivity index (χ2v) is 18.3. The van der Waals surface area contributed by atoms with Crippen LogP contribution in [0.5, 0.6) is 5.75 Å². The molecule has 2 aliphatic heterocycles. The lowest BCUT2D eigenvalue weighted by Crippen LogP contribution is -2.52. The molecule has 0 radical (unpaired) electrons. The Bertz CT molecular complexity index is 2080. The van der Waals surface area contributed by atoms with E-state index < -0.39 is 13.7 Å². The molecule has 3 aromatic carbocycles. The SMILES string of the molecule is C=CCN1C(=O)[C@@]2(O[C@@H](CCn3cc(CCO)nn3)[C@H]([Si](C)(C)c3ccc(OC)cc3)[C@H]2C)c2cc(-n3[nH]c4ccccc4c3=O)ccc21. The summed E-state index contributed by atoms with van der Waals surface area (Å²) in [5, 5.41) is 23.0. The summed E-state index contributed by atoms with van der Waals surface area (Å²) in [4.78, 5) is 30.1. The van der Waals surface area contributed by atoms with Gasteiger partial charge in [0.1, 0.15) is 5.75 Å². The van der Waals surface area contributed by atoms with Gasteiger partial charge >= 0.3 is 0 Å². The highest BCUT2D eigenvalue weighted by molar-refractivity contribution is 6.91. The third-order valence-corrected chi connectivity index (χ3v) is 14.9. The number of aromatic nitrogens is 5. The van der Waals surface area contributed by atoms with E-state index in [1.54, 1.807) is 33.5 Å². The van der Waals surface area contributed by atoms with E-state index in [1.165, 1.54) is 5.19 Å². The van der Waals surface area contributed by atoms with E-state index in [4.69, 9.17) is 9.47 Å². The number of hydrogen-bond acceptors (Lipinski definition) is 7. The second-order valence-electron chi connectivity index (χ2n) is 13.6. The molecule has 2 aromatic heterocycles. The summed E-state index contributed by atoms with van der Waals surface area (Å²) in [6.45, 7) is 11.7. The number of aromatic amines is 1. The minimum absolute atomic E-state index is 0.00351. The number of methoxy groups -OCH3 is 1. The minimum Gasteiger partial charge on any atom is -0.497 e. The quantitative estimate of drug-likeness (QED) is 0.158. The summed E-state index contributed by atoms with van der Waals surface area (Å²) in [5.74, 6) is 0.466. The first-order valence-corrected chi connectivity index (χ1v) is 19.8. The lowest BCUT2D eigenvalue weighted by Gasteiger charge is -2.37. The molecule has 2 aliphatic rings. The summed E-state index contributed by atoms with van der Waals surface area (Å²) in [7, 11) is -0.695. The number of amides is 1. The molecule has 0 unspecified atom stereocenters. The standard InChI is InChI=1S/C37H42N6O5Si/c1-6-19-42-32-16-11-26(43-35(45)29-9-7-8-10-31(29)39-43)22-30(32)37(36(42)46)24(2)34(49(4,5)28-14-12-27(47-3)13-15-28)33(48-37)17-20-41-23-25(18-21-44)38-40-41/h6-16,22-24,33-34,39,44H,1,17-21H2,2-5H3/t24-,33+,34-,37+/m1/s1. The van der Waals surface area contributed by atoms with Crippen molar-refractivity contribution in [2.24, 2.45) is 5.92 Å². The number of ether oxygens (including phenoxy) is 2. The van der Waals surface area contributed by atoms with Crippen molar-refractivity contribution >= 4 is 35.8 Å². The number of carbonyl (C=O) groups is 1. The van der Waals surface area contributed by atoms with E-state index in [1.807, 2.05) is 54.7 Å². The smallest absolute Gasteiger partial charge is 0.279 e. The zero-order valence-corrected chi connectivity index (χ0v) is 29.3. The number of para-hydroxylation sites is 1. The summed E-state index contributed by atoms with van der Waals surface area (Å²) in [5.41, 5.74) is 2.21. The first-order chi connectivity index (χ1) is 23.6. The summed E-state index contributed by atoms with van der Waals surface area (Å²) in [6.07, 6.45) is 4.35. The molecule has 7 rings (SSSR count). The molecule has 0 aliphatic carbocycles. The number of H-pyrrole nitrogens is 1. The van der Waals surface area contributed by atoms with Crippen LogP contribution in [0.25, 0.3) is 16.6 Å². The van der Waals surface area contributed by atoms with E-state index in [9.17, 15) is 14.7 Å². The molecule has 11 nitrogen and oxygen atoms in total. The molecule has 2 N–H and O–H groups in total. The fraction of sp³-hybridized carbons (Fsp3) is 0.351. The molecular weight excluding hydrogens is 637 g/mol. The third-order valence-electron chi connectivity index (χ3n) is 10.6. The third kappa shape index (κ3) is 5.25. The molecule has 254 valence electrons. The number of rotatable bonds is 11. The highest BCUT2D eigenvalue weighted by Gasteiger charge is 2.66. The normalized spacial score (nSPS) is 21.9. The molecular formula is C37H42N6O5Si. The highest BCUT2D eigenvalue weighted by Crippen LogP contribution is 2.60. The number of carbonyl (C=O) groups excluding carboxylic acids is 1. The maximum atomic E-state index is 14.9. The van der Waals surface area contributed by atoms with Crippen LogP contribution in [-0.4, -0.2) is 70.2 Å². The van der Waals surface area contributed by atoms with Crippen LogP contribution < -0.4 is 20.4 Å². The second kappa shape index (κ2) is 12.6. The summed E-state index contributed by atoms with van der Waals surface area (Å²) >= 11 is 0. The lowest BCUT2D eigenvalue weighted by atomic mass is 9.82. The Kier molecular flexibility index (Phi) is 8.41. The Morgan fingerprint density at radius 1 is 1.12 bits per heavy atom. The van der Waals surface area contributed by atoms with Crippen LogP contribution in [0.15, 0.2) is 90.4 Å². The number of anilines is 1. The molecule has 0 saturated carbocycles. The van der Waals surface area contributed by atoms with Crippen LogP contribution in [0.4, 0.5) is 5.69 Å². The maximum absolute atomic E-state index is 14.9. The van der Waals surface area contributed by atoms with Crippen LogP contribution in [0.2, 0.25) is 18.6 Å². The van der Waals surface area contributed by atoms with Gasteiger partial charge in [-0.25, -0.2) is 4.68 Å². The van der Waals surface area contributed by atoms with Crippen molar-refractivity contribution < 1.29 is 19.4 Å². The molecule has 5 aromatic rings. The van der Waals surface area contributed by atoms with E-state index in [2.05, 4.69) is 54.1 Å². The Morgan fingerprint density at radius 3 is 2.61 bits per heavy atom. The molecule has 4 heterocycles. The van der Waals surface area contributed by atoms with Gasteiger partial charge in [-0.05, 0) is 54.4 Å². The molecule has 4 atom stereocenters. The monoisotopic (exact) mass is 678 g/mol. The first-order valence-electron chi connectivity index (χ1n) is 16.7. The van der Waals surface area contributed by atoms with Gasteiger partial charge in [0, 0.05) is 43.8 Å². The van der Waals surface area contributed by atoms with Gasteiger partial charge in [0.15, 0.2) is 5.60 Å². The topological polar surface area (TPSA) is 128 Å². The zero-order valence-electron chi connectivity index (χ0n) is 28.3. The minimum atomic E-state index is -2.36. The van der Waals surface area contributed by atoms with Crippen LogP contribution in [0.1, 0.15) is 24.6 Å². The van der Waals surface area contributed by atoms with Gasteiger partial charge < -0.3 is 19.5 Å². The number of fused-ring (bicyclic) bond motifs is 3. The molecule has 49 heavy (non-hydrogen) atoms. The molecule has 12 heteroatoms. The van der Waals surface area contributed by atoms with E-state index in [-0.39, 0.29) is 35.6 Å². The highest BCUT2D eigenvalue weighted by atomic mass is 28.3. The van der Waals surface area contributed by atoms with Gasteiger partial charge in [-0.3, -0.25) is 19.4 Å². The van der Waals surface area contributed by atoms with Crippen LogP contribution in [-0.2, 0) is 28.1 Å². The Hall–Kier alpha value is -4.78. The number of aliphatic hydroxyl groups is 1. The fourth-order valence-electron chi connectivity index (χ4n) is 8.20.